The van der Waals surface area contributed by atoms with E-state index in [1.54, 1.807) is 6.07 Å². The van der Waals surface area contributed by atoms with E-state index in [0.717, 1.165) is 23.3 Å². The average Bonchev–Trinajstić information content (AvgIpc) is 2.46. The first-order chi connectivity index (χ1) is 10.0. The van der Waals surface area contributed by atoms with Gasteiger partial charge >= 0.3 is 0 Å². The third-order valence-electron chi connectivity index (χ3n) is 3.80. The molecular formula is C18H22FNO. The van der Waals surface area contributed by atoms with Gasteiger partial charge in [-0.3, -0.25) is 0 Å². The molecule has 2 aromatic rings. The van der Waals surface area contributed by atoms with Gasteiger partial charge in [0.25, 0.3) is 0 Å². The second-order valence-corrected chi connectivity index (χ2v) is 5.42. The Kier molecular flexibility index (Phi) is 4.97. The molecule has 0 radical (unpaired) electrons. The summed E-state index contributed by atoms with van der Waals surface area (Å²) in [4.78, 5) is 0. The normalized spacial score (nSPS) is 12.2. The summed E-state index contributed by atoms with van der Waals surface area (Å²) in [5.41, 5.74) is 9.06. The summed E-state index contributed by atoms with van der Waals surface area (Å²) in [7, 11) is 0. The molecule has 0 amide bonds. The molecule has 0 spiro atoms. The van der Waals surface area contributed by atoms with E-state index in [2.05, 4.69) is 0 Å². The van der Waals surface area contributed by atoms with E-state index in [0.29, 0.717) is 12.2 Å². The van der Waals surface area contributed by atoms with Crippen molar-refractivity contribution >= 4 is 0 Å². The molecule has 0 aromatic heterocycles. The third kappa shape index (κ3) is 3.82. The molecule has 0 heterocycles. The highest BCUT2D eigenvalue weighted by Crippen LogP contribution is 2.30. The Morgan fingerprint density at radius 3 is 2.62 bits per heavy atom. The van der Waals surface area contributed by atoms with Gasteiger partial charge in [-0.2, -0.15) is 0 Å². The van der Waals surface area contributed by atoms with Crippen LogP contribution in [0.1, 0.15) is 30.0 Å². The van der Waals surface area contributed by atoms with Crippen LogP contribution in [0, 0.1) is 19.7 Å². The maximum Gasteiger partial charge on any atom is 0.130 e. The maximum atomic E-state index is 13.5. The second kappa shape index (κ2) is 6.72. The SMILES string of the molecule is CCC(N)Cc1cc(F)ccc1Oc1cccc(C)c1C. The summed E-state index contributed by atoms with van der Waals surface area (Å²) in [6, 6.07) is 10.5. The van der Waals surface area contributed by atoms with Crippen molar-refractivity contribution in [3.05, 3.63) is 58.9 Å². The molecular weight excluding hydrogens is 265 g/mol. The molecule has 1 unspecified atom stereocenters. The van der Waals surface area contributed by atoms with Crippen molar-refractivity contribution in [3.8, 4) is 11.5 Å². The van der Waals surface area contributed by atoms with E-state index in [1.165, 1.54) is 17.7 Å². The lowest BCUT2D eigenvalue weighted by atomic mass is 10.0. The molecule has 2 N–H and O–H groups in total. The van der Waals surface area contributed by atoms with E-state index in [-0.39, 0.29) is 11.9 Å². The van der Waals surface area contributed by atoms with Crippen molar-refractivity contribution in [2.45, 2.75) is 39.7 Å². The molecule has 0 saturated carbocycles. The molecule has 0 saturated heterocycles. The van der Waals surface area contributed by atoms with Gasteiger partial charge in [-0.15, -0.1) is 0 Å². The Bertz CT molecular complexity index is 625. The van der Waals surface area contributed by atoms with Crippen LogP contribution in [0.15, 0.2) is 36.4 Å². The molecule has 1 atom stereocenters. The highest BCUT2D eigenvalue weighted by molar-refractivity contribution is 5.44. The first-order valence-electron chi connectivity index (χ1n) is 7.29. The van der Waals surface area contributed by atoms with Crippen LogP contribution in [-0.2, 0) is 6.42 Å². The number of nitrogens with two attached hydrogens (primary N) is 1. The molecule has 21 heavy (non-hydrogen) atoms. The second-order valence-electron chi connectivity index (χ2n) is 5.42. The van der Waals surface area contributed by atoms with E-state index in [4.69, 9.17) is 10.5 Å². The molecule has 3 heteroatoms. The van der Waals surface area contributed by atoms with Crippen LogP contribution in [0.25, 0.3) is 0 Å². The summed E-state index contributed by atoms with van der Waals surface area (Å²) in [6.07, 6.45) is 1.45. The quantitative estimate of drug-likeness (QED) is 0.877. The lowest BCUT2D eigenvalue weighted by molar-refractivity contribution is 0.465. The summed E-state index contributed by atoms with van der Waals surface area (Å²) in [6.45, 7) is 6.08. The zero-order valence-electron chi connectivity index (χ0n) is 12.8. The smallest absolute Gasteiger partial charge is 0.130 e. The topological polar surface area (TPSA) is 35.2 Å². The Morgan fingerprint density at radius 2 is 1.90 bits per heavy atom. The summed E-state index contributed by atoms with van der Waals surface area (Å²) >= 11 is 0. The molecule has 0 aliphatic heterocycles. The lowest BCUT2D eigenvalue weighted by Crippen LogP contribution is -2.21. The van der Waals surface area contributed by atoms with Gasteiger partial charge < -0.3 is 10.5 Å². The molecule has 2 aromatic carbocycles. The van der Waals surface area contributed by atoms with E-state index in [9.17, 15) is 4.39 Å². The Balaban J connectivity index is 2.33. The predicted molar refractivity (Wildman–Crippen MR) is 84.4 cm³/mol. The van der Waals surface area contributed by atoms with E-state index < -0.39 is 0 Å². The van der Waals surface area contributed by atoms with Crippen molar-refractivity contribution in [3.63, 3.8) is 0 Å². The number of hydrogen-bond donors (Lipinski definition) is 1. The predicted octanol–water partition coefficient (Wildman–Crippen LogP) is 4.51. The molecule has 2 nitrogen and oxygen atoms in total. The van der Waals surface area contributed by atoms with Gasteiger partial charge in [0, 0.05) is 6.04 Å². The van der Waals surface area contributed by atoms with Crippen LogP contribution in [0.3, 0.4) is 0 Å². The Hall–Kier alpha value is -1.87. The average molecular weight is 287 g/mol. The van der Waals surface area contributed by atoms with Crippen molar-refractivity contribution in [2.24, 2.45) is 5.73 Å². The Morgan fingerprint density at radius 1 is 1.14 bits per heavy atom. The minimum atomic E-state index is -0.262. The van der Waals surface area contributed by atoms with Gasteiger partial charge in [0.2, 0.25) is 0 Å². The van der Waals surface area contributed by atoms with Gasteiger partial charge in [0.15, 0.2) is 0 Å². The number of halogens is 1. The summed E-state index contributed by atoms with van der Waals surface area (Å²) in [5, 5.41) is 0. The monoisotopic (exact) mass is 287 g/mol. The molecule has 0 aliphatic rings. The van der Waals surface area contributed by atoms with Crippen molar-refractivity contribution in [2.75, 3.05) is 0 Å². The summed E-state index contributed by atoms with van der Waals surface area (Å²) < 4.78 is 19.5. The van der Waals surface area contributed by atoms with Crippen molar-refractivity contribution < 1.29 is 9.13 Å². The van der Waals surface area contributed by atoms with Gasteiger partial charge in [-0.1, -0.05) is 19.1 Å². The molecule has 2 rings (SSSR count). The van der Waals surface area contributed by atoms with E-state index in [1.807, 2.05) is 39.0 Å². The molecule has 0 bridgehead atoms. The number of benzene rings is 2. The van der Waals surface area contributed by atoms with Crippen LogP contribution >= 0.6 is 0 Å². The van der Waals surface area contributed by atoms with Gasteiger partial charge in [0.05, 0.1) is 0 Å². The van der Waals surface area contributed by atoms with Gasteiger partial charge in [-0.25, -0.2) is 4.39 Å². The highest BCUT2D eigenvalue weighted by Gasteiger charge is 2.11. The number of ether oxygens (including phenoxy) is 1. The zero-order valence-corrected chi connectivity index (χ0v) is 12.8. The minimum absolute atomic E-state index is 0.00718. The molecule has 0 aliphatic carbocycles. The minimum Gasteiger partial charge on any atom is -0.457 e. The molecule has 112 valence electrons. The third-order valence-corrected chi connectivity index (χ3v) is 3.80. The number of aryl methyl sites for hydroxylation is 1. The Labute approximate surface area is 125 Å². The fourth-order valence-electron chi connectivity index (χ4n) is 2.19. The van der Waals surface area contributed by atoms with Crippen LogP contribution in [0.2, 0.25) is 0 Å². The fourth-order valence-corrected chi connectivity index (χ4v) is 2.19. The van der Waals surface area contributed by atoms with Crippen molar-refractivity contribution in [1.29, 1.82) is 0 Å². The van der Waals surface area contributed by atoms with Crippen LogP contribution in [0.5, 0.6) is 11.5 Å². The summed E-state index contributed by atoms with van der Waals surface area (Å²) in [5.74, 6) is 1.21. The number of rotatable bonds is 5. The first-order valence-corrected chi connectivity index (χ1v) is 7.29. The highest BCUT2D eigenvalue weighted by atomic mass is 19.1. The largest absolute Gasteiger partial charge is 0.457 e. The van der Waals surface area contributed by atoms with E-state index >= 15 is 0 Å². The van der Waals surface area contributed by atoms with Crippen LogP contribution in [0.4, 0.5) is 4.39 Å². The standard InChI is InChI=1S/C18H22FNO/c1-4-16(20)11-14-10-15(19)8-9-18(14)21-17-7-5-6-12(2)13(17)3/h5-10,16H,4,11,20H2,1-3H3. The zero-order chi connectivity index (χ0) is 15.4. The maximum absolute atomic E-state index is 13.5. The molecule has 0 fully saturated rings. The number of hydrogen-bond acceptors (Lipinski definition) is 2. The van der Waals surface area contributed by atoms with Gasteiger partial charge in [-0.05, 0) is 67.6 Å². The van der Waals surface area contributed by atoms with Crippen LogP contribution < -0.4 is 10.5 Å². The van der Waals surface area contributed by atoms with Crippen molar-refractivity contribution in [1.82, 2.24) is 0 Å². The van der Waals surface area contributed by atoms with Crippen LogP contribution in [-0.4, -0.2) is 6.04 Å². The fraction of sp³-hybridized carbons (Fsp3) is 0.333. The van der Waals surface area contributed by atoms with Gasteiger partial charge in [0.1, 0.15) is 17.3 Å². The first kappa shape index (κ1) is 15.5. The lowest BCUT2D eigenvalue weighted by Gasteiger charge is -2.16.